The van der Waals surface area contributed by atoms with Crippen LogP contribution in [0.2, 0.25) is 0 Å². The van der Waals surface area contributed by atoms with E-state index in [1.54, 1.807) is 18.7 Å². The van der Waals surface area contributed by atoms with Gasteiger partial charge in [0.15, 0.2) is 11.6 Å². The van der Waals surface area contributed by atoms with Crippen molar-refractivity contribution >= 4 is 29.7 Å². The molecule has 1 N–H and O–H groups in total. The quantitative estimate of drug-likeness (QED) is 0.217. The van der Waals surface area contributed by atoms with Gasteiger partial charge < -0.3 is 19.2 Å². The smallest absolute Gasteiger partial charge is 0.325 e. The van der Waals surface area contributed by atoms with Gasteiger partial charge in [0.2, 0.25) is 11.8 Å². The second kappa shape index (κ2) is 14.5. The van der Waals surface area contributed by atoms with Crippen LogP contribution in [0.1, 0.15) is 132 Å². The third-order valence-corrected chi connectivity index (χ3v) is 16.5. The lowest BCUT2D eigenvalue weighted by Gasteiger charge is -2.72. The molecule has 3 unspecified atom stereocenters. The summed E-state index contributed by atoms with van der Waals surface area (Å²) in [5, 5.41) is 18.9. The van der Waals surface area contributed by atoms with Crippen molar-refractivity contribution in [2.45, 2.75) is 138 Å². The molecule has 12 nitrogen and oxygen atoms in total. The fraction of sp³-hybridized carbons (Fsp3) is 0.756. The van der Waals surface area contributed by atoms with E-state index in [0.29, 0.717) is 37.2 Å². The summed E-state index contributed by atoms with van der Waals surface area (Å²) >= 11 is 0. The summed E-state index contributed by atoms with van der Waals surface area (Å²) in [6.07, 6.45) is 9.52. The number of hydrogen-bond donors (Lipinski definition) is 1. The first-order valence-electron chi connectivity index (χ1n) is 21.5. The average molecular weight is 805 g/mol. The number of anilines is 2. The Kier molecular flexibility index (Phi) is 10.6. The van der Waals surface area contributed by atoms with Crippen LogP contribution in [-0.2, 0) is 24.5 Å². The number of ether oxygens (including phenoxy) is 1. The number of carbonyl (C=O) groups is 3. The third kappa shape index (κ3) is 6.51. The molecule has 4 fully saturated rings. The predicted octanol–water partition coefficient (Wildman–Crippen LogP) is 8.34. The number of halogens is 1. The Labute approximate surface area is 343 Å². The summed E-state index contributed by atoms with van der Waals surface area (Å²) in [4.78, 5) is 51.5. The van der Waals surface area contributed by atoms with Crippen LogP contribution >= 0.6 is 0 Å². The zero-order chi connectivity index (χ0) is 42.4. The summed E-state index contributed by atoms with van der Waals surface area (Å²) in [5.74, 6) is -0.111. The highest BCUT2D eigenvalue weighted by Gasteiger charge is 2.71. The predicted molar refractivity (Wildman–Crippen MR) is 216 cm³/mol. The zero-order valence-electron chi connectivity index (χ0n) is 36.6. The third-order valence-electron chi connectivity index (χ3n) is 16.5. The molecule has 13 heteroatoms. The second-order valence-electron chi connectivity index (χ2n) is 21.0. The highest BCUT2D eigenvalue weighted by atomic mass is 19.1. The van der Waals surface area contributed by atoms with Crippen LogP contribution in [0.25, 0.3) is 0 Å². The van der Waals surface area contributed by atoms with Crippen molar-refractivity contribution in [2.24, 2.45) is 50.7 Å². The number of carboxylic acid groups (broad SMARTS) is 1. The lowest BCUT2D eigenvalue weighted by Crippen LogP contribution is -2.66. The molecule has 5 aliphatic carbocycles. The summed E-state index contributed by atoms with van der Waals surface area (Å²) in [6, 6.07) is 0.229. The molecule has 7 rings (SSSR count). The van der Waals surface area contributed by atoms with Crippen LogP contribution in [0.15, 0.2) is 28.0 Å². The standard InChI is InChI=1S/C45H65FN6O6/c1-26(2)34-29(53)22-45(36-49-50-39(58-36)52(21-20-51(10)11)38-47-24-27(46)25-48-38)19-18-43(8)28(35(34)45)12-13-31-42(7)16-15-32(57-33(54)23-40(3,4)37(55)56)41(5,6)30(42)14-17-44(31,43)9/h24-26,28,30-32H,12-23H2,1-11H3,(H,55,56)/t28?,30?,31-,32?,42+,43-,44-,45-/m1/s1. The number of ketones is 1. The molecular formula is C45H65FN6O6. The highest BCUT2D eigenvalue weighted by Crippen LogP contribution is 2.76. The van der Waals surface area contributed by atoms with Gasteiger partial charge in [-0.25, -0.2) is 14.4 Å². The monoisotopic (exact) mass is 804 g/mol. The number of fused-ring (bicyclic) bond motifs is 7. The van der Waals surface area contributed by atoms with Gasteiger partial charge in [0.25, 0.3) is 0 Å². The highest BCUT2D eigenvalue weighted by molar-refractivity contribution is 6.01. The molecule has 2 aromatic heterocycles. The van der Waals surface area contributed by atoms with E-state index in [4.69, 9.17) is 14.3 Å². The number of rotatable bonds is 11. The number of esters is 1. The van der Waals surface area contributed by atoms with Gasteiger partial charge in [0.1, 0.15) is 6.10 Å². The minimum atomic E-state index is -1.19. The molecular weight excluding hydrogens is 740 g/mol. The van der Waals surface area contributed by atoms with E-state index in [9.17, 15) is 23.9 Å². The van der Waals surface area contributed by atoms with E-state index in [2.05, 4.69) is 63.5 Å². The first-order chi connectivity index (χ1) is 27.0. The van der Waals surface area contributed by atoms with Crippen LogP contribution in [0, 0.1) is 56.6 Å². The first kappa shape index (κ1) is 42.4. The Morgan fingerprint density at radius 3 is 2.28 bits per heavy atom. The van der Waals surface area contributed by atoms with Crippen molar-refractivity contribution in [3.63, 3.8) is 0 Å². The van der Waals surface area contributed by atoms with Gasteiger partial charge in [-0.05, 0) is 130 Å². The molecule has 0 saturated heterocycles. The number of aromatic nitrogens is 4. The fourth-order valence-electron chi connectivity index (χ4n) is 13.2. The van der Waals surface area contributed by atoms with Crippen molar-refractivity contribution in [2.75, 3.05) is 32.1 Å². The lowest BCUT2D eigenvalue weighted by atomic mass is 9.33. The number of likely N-dealkylation sites (N-methyl/N-ethyl adjacent to an activating group) is 1. The van der Waals surface area contributed by atoms with Gasteiger partial charge >= 0.3 is 18.0 Å². The molecule has 2 heterocycles. The van der Waals surface area contributed by atoms with Gasteiger partial charge in [-0.3, -0.25) is 19.3 Å². The van der Waals surface area contributed by atoms with E-state index >= 15 is 0 Å². The summed E-state index contributed by atoms with van der Waals surface area (Å²) < 4.78 is 26.7. The largest absolute Gasteiger partial charge is 0.481 e. The van der Waals surface area contributed by atoms with Crippen LogP contribution < -0.4 is 4.90 Å². The topological polar surface area (TPSA) is 152 Å². The van der Waals surface area contributed by atoms with Gasteiger partial charge in [0.05, 0.1) is 29.6 Å². The average Bonchev–Trinajstić information content (AvgIpc) is 3.74. The zero-order valence-corrected chi connectivity index (χ0v) is 36.6. The van der Waals surface area contributed by atoms with Crippen molar-refractivity contribution in [1.29, 1.82) is 0 Å². The maximum absolute atomic E-state index is 14.3. The summed E-state index contributed by atoms with van der Waals surface area (Å²) in [5.41, 5.74) is -0.116. The minimum Gasteiger partial charge on any atom is -0.481 e. The van der Waals surface area contributed by atoms with E-state index < -0.39 is 28.6 Å². The summed E-state index contributed by atoms with van der Waals surface area (Å²) in [7, 11) is 3.93. The van der Waals surface area contributed by atoms with Crippen LogP contribution in [-0.4, -0.2) is 81.2 Å². The van der Waals surface area contributed by atoms with E-state index in [1.165, 1.54) is 5.57 Å². The number of aliphatic carboxylic acids is 1. The first-order valence-corrected chi connectivity index (χ1v) is 21.5. The number of allylic oxidation sites excluding steroid dienone is 2. The molecule has 5 aliphatic rings. The maximum Gasteiger partial charge on any atom is 0.325 e. The normalized spacial score (nSPS) is 34.3. The second-order valence-corrected chi connectivity index (χ2v) is 21.0. The lowest BCUT2D eigenvalue weighted by molar-refractivity contribution is -0.232. The molecule has 0 radical (unpaired) electrons. The molecule has 2 aromatic rings. The van der Waals surface area contributed by atoms with Crippen molar-refractivity contribution in [1.82, 2.24) is 25.1 Å². The van der Waals surface area contributed by atoms with E-state index in [0.717, 1.165) is 69.3 Å². The van der Waals surface area contributed by atoms with Crippen LogP contribution in [0.5, 0.6) is 0 Å². The number of nitrogens with zero attached hydrogens (tertiary/aromatic N) is 6. The fourth-order valence-corrected chi connectivity index (χ4v) is 13.2. The summed E-state index contributed by atoms with van der Waals surface area (Å²) in [6.45, 7) is 20.5. The van der Waals surface area contributed by atoms with Crippen molar-refractivity contribution in [3.8, 4) is 0 Å². The van der Waals surface area contributed by atoms with Gasteiger partial charge in [-0.1, -0.05) is 53.6 Å². The number of carboxylic acids is 1. The molecule has 318 valence electrons. The Hall–Kier alpha value is -3.74. The number of Topliss-reactive ketones (excluding diaryl/α,β-unsaturated/α-hetero) is 1. The molecule has 0 amide bonds. The number of carbonyl (C=O) groups excluding carboxylic acids is 2. The van der Waals surface area contributed by atoms with E-state index in [1.807, 2.05) is 19.0 Å². The van der Waals surface area contributed by atoms with Crippen molar-refractivity contribution < 1.29 is 33.0 Å². The molecule has 0 aliphatic heterocycles. The Morgan fingerprint density at radius 1 is 0.948 bits per heavy atom. The van der Waals surface area contributed by atoms with E-state index in [-0.39, 0.29) is 63.8 Å². The SMILES string of the molecule is CC(C)C1=C2C3CC[C@@H]4[C@@]5(C)CCC(OC(=O)CC(C)(C)C(=O)O)C(C)(C)C5CC[C@@]4(C)[C@]3(C)CC[C@@]2(c2nnc(N(CCN(C)C)c3ncc(F)cn3)o2)CC1=O. The van der Waals surface area contributed by atoms with Gasteiger partial charge in [0, 0.05) is 24.9 Å². The maximum atomic E-state index is 14.3. The van der Waals surface area contributed by atoms with Crippen LogP contribution in [0.3, 0.4) is 0 Å². The molecule has 58 heavy (non-hydrogen) atoms. The van der Waals surface area contributed by atoms with Gasteiger partial charge in [-0.2, -0.15) is 0 Å². The Bertz CT molecular complexity index is 1980. The van der Waals surface area contributed by atoms with Gasteiger partial charge in [-0.15, -0.1) is 5.10 Å². The molecule has 0 aromatic carbocycles. The molecule has 4 saturated carbocycles. The van der Waals surface area contributed by atoms with Crippen LogP contribution in [0.4, 0.5) is 16.4 Å². The Morgan fingerprint density at radius 2 is 1.64 bits per heavy atom. The molecule has 0 bridgehead atoms. The van der Waals surface area contributed by atoms with Crippen molar-refractivity contribution in [3.05, 3.63) is 35.2 Å². The molecule has 8 atom stereocenters. The Balaban J connectivity index is 1.21. The number of hydrogen-bond acceptors (Lipinski definition) is 11. The molecule has 0 spiro atoms. The minimum absolute atomic E-state index is 0.0118.